The van der Waals surface area contributed by atoms with Crippen LogP contribution in [0.1, 0.15) is 0 Å². The van der Waals surface area contributed by atoms with Crippen LogP contribution in [0.2, 0.25) is 0 Å². The van der Waals surface area contributed by atoms with Gasteiger partial charge in [0.25, 0.3) is 0 Å². The molecule has 0 saturated heterocycles. The lowest BCUT2D eigenvalue weighted by atomic mass is 10.3. The highest BCUT2D eigenvalue weighted by molar-refractivity contribution is 5.46. The summed E-state index contributed by atoms with van der Waals surface area (Å²) in [6.45, 7) is 3.07. The molecule has 1 aromatic carbocycles. The summed E-state index contributed by atoms with van der Waals surface area (Å²) in [5.41, 5.74) is 1.11. The van der Waals surface area contributed by atoms with Crippen molar-refractivity contribution >= 4 is 5.69 Å². The van der Waals surface area contributed by atoms with Gasteiger partial charge in [0.2, 0.25) is 0 Å². The Morgan fingerprint density at radius 2 is 1.81 bits per heavy atom. The van der Waals surface area contributed by atoms with Gasteiger partial charge in [0.05, 0.1) is 6.61 Å². The average molecular weight is 224 g/mol. The molecule has 16 heavy (non-hydrogen) atoms. The van der Waals surface area contributed by atoms with Gasteiger partial charge in [0, 0.05) is 25.9 Å². The highest BCUT2D eigenvalue weighted by atomic mass is 16.5. The quantitative estimate of drug-likeness (QED) is 0.654. The molecule has 4 nitrogen and oxygen atoms in total. The smallest absolute Gasteiger partial charge is 0.119 e. The number of hydrogen-bond acceptors (Lipinski definition) is 4. The highest BCUT2D eigenvalue weighted by Crippen LogP contribution is 2.15. The first-order valence-electron chi connectivity index (χ1n) is 5.47. The number of likely N-dealkylation sites (N-methyl/N-ethyl adjacent to an activating group) is 1. The van der Waals surface area contributed by atoms with Crippen molar-refractivity contribution in [2.24, 2.45) is 0 Å². The van der Waals surface area contributed by atoms with Gasteiger partial charge in [-0.25, -0.2) is 0 Å². The number of rotatable bonds is 8. The van der Waals surface area contributed by atoms with Gasteiger partial charge in [-0.15, -0.1) is 0 Å². The molecule has 0 bridgehead atoms. The lowest BCUT2D eigenvalue weighted by molar-refractivity contribution is 0.146. The summed E-state index contributed by atoms with van der Waals surface area (Å²) in [4.78, 5) is 0. The fraction of sp³-hybridized carbons (Fsp3) is 0.500. The maximum atomic E-state index is 5.46. The summed E-state index contributed by atoms with van der Waals surface area (Å²) in [5.74, 6) is 0.871. The van der Waals surface area contributed by atoms with Gasteiger partial charge in [-0.2, -0.15) is 0 Å². The third kappa shape index (κ3) is 5.00. The Bertz CT molecular complexity index is 246. The zero-order valence-corrected chi connectivity index (χ0v) is 9.95. The molecule has 0 unspecified atom stereocenters. The number of ether oxygens (including phenoxy) is 2. The fourth-order valence-electron chi connectivity index (χ4n) is 1.24. The van der Waals surface area contributed by atoms with Crippen LogP contribution in [0.15, 0.2) is 24.3 Å². The van der Waals surface area contributed by atoms with Gasteiger partial charge in [-0.05, 0) is 31.3 Å². The van der Waals surface area contributed by atoms with E-state index in [1.807, 2.05) is 31.3 Å². The molecule has 90 valence electrons. The predicted molar refractivity (Wildman–Crippen MR) is 66.2 cm³/mol. The second kappa shape index (κ2) is 7.96. The minimum Gasteiger partial charge on any atom is -0.491 e. The zero-order valence-electron chi connectivity index (χ0n) is 9.95. The van der Waals surface area contributed by atoms with Gasteiger partial charge >= 0.3 is 0 Å². The molecule has 0 amide bonds. The Balaban J connectivity index is 2.30. The number of nitrogens with one attached hydrogen (secondary N) is 2. The van der Waals surface area contributed by atoms with E-state index in [0.717, 1.165) is 24.5 Å². The van der Waals surface area contributed by atoms with Crippen LogP contribution >= 0.6 is 0 Å². The lowest BCUT2D eigenvalue weighted by Gasteiger charge is -2.08. The van der Waals surface area contributed by atoms with Crippen LogP contribution < -0.4 is 15.4 Å². The van der Waals surface area contributed by atoms with Crippen LogP contribution in [0, 0.1) is 0 Å². The molecule has 0 radical (unpaired) electrons. The molecular weight excluding hydrogens is 204 g/mol. The largest absolute Gasteiger partial charge is 0.491 e. The van der Waals surface area contributed by atoms with E-state index in [1.54, 1.807) is 7.11 Å². The minimum absolute atomic E-state index is 0.586. The normalized spacial score (nSPS) is 10.1. The van der Waals surface area contributed by atoms with E-state index in [2.05, 4.69) is 10.6 Å². The Morgan fingerprint density at radius 3 is 2.44 bits per heavy atom. The summed E-state index contributed by atoms with van der Waals surface area (Å²) < 4.78 is 10.4. The summed E-state index contributed by atoms with van der Waals surface area (Å²) >= 11 is 0. The lowest BCUT2D eigenvalue weighted by Crippen LogP contribution is -2.17. The third-order valence-corrected chi connectivity index (χ3v) is 2.11. The van der Waals surface area contributed by atoms with Crippen molar-refractivity contribution in [2.75, 3.05) is 45.8 Å². The van der Waals surface area contributed by atoms with E-state index in [1.165, 1.54) is 0 Å². The van der Waals surface area contributed by atoms with E-state index in [9.17, 15) is 0 Å². The van der Waals surface area contributed by atoms with Gasteiger partial charge in [-0.3, -0.25) is 0 Å². The highest BCUT2D eigenvalue weighted by Gasteiger charge is 1.94. The second-order valence-electron chi connectivity index (χ2n) is 3.40. The number of benzene rings is 1. The van der Waals surface area contributed by atoms with Crippen molar-refractivity contribution in [3.8, 4) is 5.75 Å². The fourth-order valence-corrected chi connectivity index (χ4v) is 1.24. The van der Waals surface area contributed by atoms with Crippen LogP contribution in [0.4, 0.5) is 5.69 Å². The van der Waals surface area contributed by atoms with Crippen LogP contribution in [0.3, 0.4) is 0 Å². The molecule has 1 rings (SSSR count). The molecule has 0 aliphatic carbocycles. The van der Waals surface area contributed by atoms with Crippen LogP contribution in [0.25, 0.3) is 0 Å². The maximum Gasteiger partial charge on any atom is 0.119 e. The molecule has 1 aromatic rings. The van der Waals surface area contributed by atoms with E-state index in [-0.39, 0.29) is 0 Å². The summed E-state index contributed by atoms with van der Waals surface area (Å²) in [6.07, 6.45) is 0. The Kier molecular flexibility index (Phi) is 6.37. The molecule has 0 saturated carbocycles. The molecule has 0 aromatic heterocycles. The number of methoxy groups -OCH3 is 1. The first kappa shape index (κ1) is 12.8. The minimum atomic E-state index is 0.586. The molecule has 0 heterocycles. The van der Waals surface area contributed by atoms with E-state index < -0.39 is 0 Å². The summed E-state index contributed by atoms with van der Waals surface area (Å²) in [5, 5.41) is 6.38. The maximum absolute atomic E-state index is 5.46. The van der Waals surface area contributed by atoms with Crippen molar-refractivity contribution in [3.05, 3.63) is 24.3 Å². The Hall–Kier alpha value is -1.26. The van der Waals surface area contributed by atoms with Crippen LogP contribution in [-0.2, 0) is 4.74 Å². The third-order valence-electron chi connectivity index (χ3n) is 2.11. The van der Waals surface area contributed by atoms with Crippen LogP contribution in [0.5, 0.6) is 5.75 Å². The molecule has 4 heteroatoms. The predicted octanol–water partition coefficient (Wildman–Crippen LogP) is 1.34. The Labute approximate surface area is 96.9 Å². The van der Waals surface area contributed by atoms with E-state index in [0.29, 0.717) is 13.2 Å². The van der Waals surface area contributed by atoms with Crippen LogP contribution in [-0.4, -0.2) is 40.5 Å². The molecule has 0 spiro atoms. The van der Waals surface area contributed by atoms with Gasteiger partial charge in [-0.1, -0.05) is 0 Å². The number of anilines is 1. The van der Waals surface area contributed by atoms with Crippen molar-refractivity contribution in [2.45, 2.75) is 0 Å². The van der Waals surface area contributed by atoms with Crippen molar-refractivity contribution < 1.29 is 9.47 Å². The van der Waals surface area contributed by atoms with E-state index in [4.69, 9.17) is 9.47 Å². The van der Waals surface area contributed by atoms with Gasteiger partial charge < -0.3 is 20.1 Å². The zero-order chi connectivity index (χ0) is 11.6. The molecule has 2 N–H and O–H groups in total. The summed E-state index contributed by atoms with van der Waals surface area (Å²) in [7, 11) is 3.60. The SMILES string of the molecule is CNCCNc1ccc(OCCOC)cc1. The van der Waals surface area contributed by atoms with Crippen molar-refractivity contribution in [3.63, 3.8) is 0 Å². The van der Waals surface area contributed by atoms with Gasteiger partial charge in [0.1, 0.15) is 12.4 Å². The second-order valence-corrected chi connectivity index (χ2v) is 3.40. The van der Waals surface area contributed by atoms with E-state index >= 15 is 0 Å². The molecule has 0 fully saturated rings. The summed E-state index contributed by atoms with van der Waals surface area (Å²) in [6, 6.07) is 7.93. The molecule has 0 aliphatic heterocycles. The topological polar surface area (TPSA) is 42.5 Å². The standard InChI is InChI=1S/C12H20N2O2/c1-13-7-8-14-11-3-5-12(6-4-11)16-10-9-15-2/h3-6,13-14H,7-10H2,1-2H3. The Morgan fingerprint density at radius 1 is 1.06 bits per heavy atom. The van der Waals surface area contributed by atoms with Crippen molar-refractivity contribution in [1.29, 1.82) is 0 Å². The molecular formula is C12H20N2O2. The first-order valence-corrected chi connectivity index (χ1v) is 5.47. The molecule has 0 aliphatic rings. The van der Waals surface area contributed by atoms with Gasteiger partial charge in [0.15, 0.2) is 0 Å². The number of hydrogen-bond donors (Lipinski definition) is 2. The molecule has 0 atom stereocenters. The van der Waals surface area contributed by atoms with Crippen molar-refractivity contribution in [1.82, 2.24) is 5.32 Å². The first-order chi connectivity index (χ1) is 7.86. The monoisotopic (exact) mass is 224 g/mol. The average Bonchev–Trinajstić information content (AvgIpc) is 2.32.